The average molecular weight is 261 g/mol. The van der Waals surface area contributed by atoms with E-state index in [-0.39, 0.29) is 12.0 Å². The normalized spacial score (nSPS) is 12.2. The summed E-state index contributed by atoms with van der Waals surface area (Å²) in [6.45, 7) is 1.94. The summed E-state index contributed by atoms with van der Waals surface area (Å²) < 4.78 is 18.9. The molecule has 4 heteroatoms. The lowest BCUT2D eigenvalue weighted by atomic mass is 10.0. The average Bonchev–Trinajstić information content (AvgIpc) is 2.40. The van der Waals surface area contributed by atoms with Crippen molar-refractivity contribution in [1.82, 2.24) is 4.98 Å². The van der Waals surface area contributed by atoms with Crippen LogP contribution in [0.3, 0.4) is 0 Å². The molecule has 0 aliphatic carbocycles. The summed E-state index contributed by atoms with van der Waals surface area (Å²) in [5.74, 6) is -0.126. The zero-order valence-corrected chi connectivity index (χ0v) is 10.9. The largest absolute Gasteiger partial charge is 0.496 e. The van der Waals surface area contributed by atoms with Crippen LogP contribution in [0.4, 0.5) is 4.39 Å². The molecule has 0 saturated carbocycles. The zero-order valence-electron chi connectivity index (χ0n) is 10.9. The number of benzene rings is 1. The van der Waals surface area contributed by atoms with E-state index in [4.69, 9.17) is 4.74 Å². The quantitative estimate of drug-likeness (QED) is 0.920. The van der Waals surface area contributed by atoms with Crippen LogP contribution in [-0.4, -0.2) is 17.2 Å². The highest BCUT2D eigenvalue weighted by Crippen LogP contribution is 2.29. The van der Waals surface area contributed by atoms with Crippen LogP contribution in [0.25, 0.3) is 0 Å². The number of aliphatic hydroxyl groups is 1. The lowest BCUT2D eigenvalue weighted by Crippen LogP contribution is -2.07. The molecule has 1 atom stereocenters. The molecule has 0 fully saturated rings. The monoisotopic (exact) mass is 261 g/mol. The van der Waals surface area contributed by atoms with E-state index in [0.29, 0.717) is 11.4 Å². The standard InChI is InChI=1S/C15H16FNO2/c1-10-6-7-11(17-9-10)8-13(18)15-12(16)4-3-5-14(15)19-2/h3-7,9,13,18H,8H2,1-2H3. The number of hydrogen-bond donors (Lipinski definition) is 1. The van der Waals surface area contributed by atoms with Gasteiger partial charge in [-0.15, -0.1) is 0 Å². The first-order valence-corrected chi connectivity index (χ1v) is 6.04. The van der Waals surface area contributed by atoms with Crippen molar-refractivity contribution >= 4 is 0 Å². The third kappa shape index (κ3) is 3.09. The van der Waals surface area contributed by atoms with Crippen LogP contribution in [-0.2, 0) is 6.42 Å². The lowest BCUT2D eigenvalue weighted by Gasteiger charge is -2.15. The highest BCUT2D eigenvalue weighted by molar-refractivity contribution is 5.37. The molecule has 0 aliphatic heterocycles. The fourth-order valence-corrected chi connectivity index (χ4v) is 1.94. The smallest absolute Gasteiger partial charge is 0.132 e. The van der Waals surface area contributed by atoms with Crippen LogP contribution in [0.5, 0.6) is 5.75 Å². The maximum Gasteiger partial charge on any atom is 0.132 e. The number of hydrogen-bond acceptors (Lipinski definition) is 3. The fourth-order valence-electron chi connectivity index (χ4n) is 1.94. The Kier molecular flexibility index (Phi) is 4.12. The second-order valence-corrected chi connectivity index (χ2v) is 4.40. The molecular weight excluding hydrogens is 245 g/mol. The zero-order chi connectivity index (χ0) is 13.8. The molecule has 1 unspecified atom stereocenters. The number of pyridine rings is 1. The van der Waals surface area contributed by atoms with Gasteiger partial charge in [0.1, 0.15) is 11.6 Å². The Morgan fingerprint density at radius 2 is 2.11 bits per heavy atom. The molecule has 1 N–H and O–H groups in total. The molecule has 0 bridgehead atoms. The van der Waals surface area contributed by atoms with Crippen molar-refractivity contribution in [3.05, 3.63) is 59.2 Å². The van der Waals surface area contributed by atoms with Crippen molar-refractivity contribution in [2.45, 2.75) is 19.4 Å². The summed E-state index contributed by atoms with van der Waals surface area (Å²) in [4.78, 5) is 4.21. The predicted molar refractivity (Wildman–Crippen MR) is 70.6 cm³/mol. The predicted octanol–water partition coefficient (Wildman–Crippen LogP) is 2.81. The van der Waals surface area contributed by atoms with E-state index >= 15 is 0 Å². The molecule has 1 aromatic heterocycles. The Bertz CT molecular complexity index is 555. The lowest BCUT2D eigenvalue weighted by molar-refractivity contribution is 0.167. The van der Waals surface area contributed by atoms with E-state index < -0.39 is 11.9 Å². The molecule has 0 amide bonds. The maximum atomic E-state index is 13.8. The third-order valence-corrected chi connectivity index (χ3v) is 2.94. The number of rotatable bonds is 4. The van der Waals surface area contributed by atoms with Crippen molar-refractivity contribution in [2.24, 2.45) is 0 Å². The minimum atomic E-state index is -0.980. The first-order valence-electron chi connectivity index (χ1n) is 6.04. The summed E-state index contributed by atoms with van der Waals surface area (Å²) >= 11 is 0. The summed E-state index contributed by atoms with van der Waals surface area (Å²) in [7, 11) is 1.45. The molecule has 0 radical (unpaired) electrons. The molecule has 0 spiro atoms. The Morgan fingerprint density at radius 1 is 1.32 bits per heavy atom. The van der Waals surface area contributed by atoms with Crippen molar-refractivity contribution in [2.75, 3.05) is 7.11 Å². The SMILES string of the molecule is COc1cccc(F)c1C(O)Cc1ccc(C)cn1. The number of methoxy groups -OCH3 is 1. The molecule has 0 saturated heterocycles. The van der Waals surface area contributed by atoms with Crippen LogP contribution in [0.15, 0.2) is 36.5 Å². The van der Waals surface area contributed by atoms with Gasteiger partial charge >= 0.3 is 0 Å². The van der Waals surface area contributed by atoms with Gasteiger partial charge in [0.2, 0.25) is 0 Å². The van der Waals surface area contributed by atoms with E-state index in [0.717, 1.165) is 5.56 Å². The van der Waals surface area contributed by atoms with Gasteiger partial charge in [-0.1, -0.05) is 12.1 Å². The van der Waals surface area contributed by atoms with Crippen molar-refractivity contribution in [3.8, 4) is 5.75 Å². The molecular formula is C15H16FNO2. The summed E-state index contributed by atoms with van der Waals surface area (Å²) in [5.41, 5.74) is 1.93. The van der Waals surface area contributed by atoms with Crippen molar-refractivity contribution in [3.63, 3.8) is 0 Å². The highest BCUT2D eigenvalue weighted by Gasteiger charge is 2.18. The Labute approximate surface area is 111 Å². The Morgan fingerprint density at radius 3 is 2.74 bits per heavy atom. The molecule has 2 aromatic rings. The number of nitrogens with zero attached hydrogens (tertiary/aromatic N) is 1. The van der Waals surface area contributed by atoms with E-state index in [9.17, 15) is 9.50 Å². The van der Waals surface area contributed by atoms with Gasteiger partial charge in [0.25, 0.3) is 0 Å². The maximum absolute atomic E-state index is 13.8. The second kappa shape index (κ2) is 5.80. The van der Waals surface area contributed by atoms with Crippen molar-refractivity contribution < 1.29 is 14.2 Å². The van der Waals surface area contributed by atoms with Gasteiger partial charge in [0.15, 0.2) is 0 Å². The molecule has 100 valence electrons. The first kappa shape index (κ1) is 13.5. The minimum absolute atomic E-state index is 0.173. The number of aliphatic hydroxyl groups excluding tert-OH is 1. The summed E-state index contributed by atoms with van der Waals surface area (Å²) in [6.07, 6.45) is 0.990. The molecule has 3 nitrogen and oxygen atoms in total. The minimum Gasteiger partial charge on any atom is -0.496 e. The number of halogens is 1. The van der Waals surface area contributed by atoms with E-state index in [1.54, 1.807) is 18.3 Å². The Balaban J connectivity index is 2.24. The molecule has 19 heavy (non-hydrogen) atoms. The van der Waals surface area contributed by atoms with Crippen LogP contribution in [0, 0.1) is 12.7 Å². The number of aryl methyl sites for hydroxylation is 1. The molecule has 1 heterocycles. The Hall–Kier alpha value is -1.94. The van der Waals surface area contributed by atoms with Gasteiger partial charge in [0, 0.05) is 18.3 Å². The number of aromatic nitrogens is 1. The molecule has 1 aromatic carbocycles. The molecule has 0 aliphatic rings. The van der Waals surface area contributed by atoms with Gasteiger partial charge in [-0.3, -0.25) is 4.98 Å². The van der Waals surface area contributed by atoms with Gasteiger partial charge in [0.05, 0.1) is 18.8 Å². The van der Waals surface area contributed by atoms with E-state index in [2.05, 4.69) is 4.98 Å². The van der Waals surface area contributed by atoms with Crippen LogP contribution in [0.2, 0.25) is 0 Å². The van der Waals surface area contributed by atoms with Crippen LogP contribution < -0.4 is 4.74 Å². The van der Waals surface area contributed by atoms with E-state index in [1.807, 2.05) is 19.1 Å². The third-order valence-electron chi connectivity index (χ3n) is 2.94. The van der Waals surface area contributed by atoms with Crippen LogP contribution in [0.1, 0.15) is 22.9 Å². The van der Waals surface area contributed by atoms with Crippen LogP contribution >= 0.6 is 0 Å². The van der Waals surface area contributed by atoms with Gasteiger partial charge < -0.3 is 9.84 Å². The highest BCUT2D eigenvalue weighted by atomic mass is 19.1. The van der Waals surface area contributed by atoms with E-state index in [1.165, 1.54) is 13.2 Å². The first-order chi connectivity index (χ1) is 9.11. The molecule has 2 rings (SSSR count). The summed E-state index contributed by atoms with van der Waals surface area (Å²) in [6, 6.07) is 8.22. The van der Waals surface area contributed by atoms with Gasteiger partial charge in [-0.25, -0.2) is 4.39 Å². The van der Waals surface area contributed by atoms with Gasteiger partial charge in [-0.2, -0.15) is 0 Å². The van der Waals surface area contributed by atoms with Crippen molar-refractivity contribution in [1.29, 1.82) is 0 Å². The summed E-state index contributed by atoms with van der Waals surface area (Å²) in [5, 5.41) is 10.2. The topological polar surface area (TPSA) is 42.4 Å². The van der Waals surface area contributed by atoms with Gasteiger partial charge in [-0.05, 0) is 30.7 Å². The second-order valence-electron chi connectivity index (χ2n) is 4.40. The number of ether oxygens (including phenoxy) is 1. The fraction of sp³-hybridized carbons (Fsp3) is 0.267.